The van der Waals surface area contributed by atoms with E-state index in [1.165, 1.54) is 11.1 Å². The molecule has 13 rings (SSSR count). The van der Waals surface area contributed by atoms with E-state index in [0.29, 0.717) is 50.4 Å². The van der Waals surface area contributed by atoms with E-state index < -0.39 is 69.2 Å². The summed E-state index contributed by atoms with van der Waals surface area (Å²) in [7, 11) is 0. The average Bonchev–Trinajstić information content (AvgIpc) is 3.81. The van der Waals surface area contributed by atoms with E-state index in [9.17, 15) is 30.6 Å². The van der Waals surface area contributed by atoms with Crippen molar-refractivity contribution in [3.8, 4) is 0 Å². The van der Waals surface area contributed by atoms with Crippen LogP contribution in [0.15, 0.2) is 23.3 Å². The van der Waals surface area contributed by atoms with E-state index >= 15 is 0 Å². The second-order valence-electron chi connectivity index (χ2n) is 26.3. The summed E-state index contributed by atoms with van der Waals surface area (Å²) < 4.78 is 26.1. The summed E-state index contributed by atoms with van der Waals surface area (Å²) >= 11 is 0. The van der Waals surface area contributed by atoms with Crippen molar-refractivity contribution in [3.05, 3.63) is 46.1 Å². The zero-order valence-electron chi connectivity index (χ0n) is 40.6. The molecule has 8 fully saturated rings. The number of ether oxygens (including phenoxy) is 4. The van der Waals surface area contributed by atoms with Crippen LogP contribution in [-0.2, 0) is 44.6 Å². The van der Waals surface area contributed by atoms with Gasteiger partial charge in [-0.05, 0) is 137 Å². The number of hydrogen-bond donors (Lipinski definition) is 6. The highest BCUT2D eigenvalue weighted by molar-refractivity contribution is 5.45. The van der Waals surface area contributed by atoms with Crippen molar-refractivity contribution in [3.63, 3.8) is 0 Å². The quantitative estimate of drug-likeness (QED) is 0.182. The Morgan fingerprint density at radius 1 is 0.545 bits per heavy atom. The van der Waals surface area contributed by atoms with Gasteiger partial charge in [-0.2, -0.15) is 0 Å². The number of aliphatic hydroxyl groups is 6. The molecule has 12 heteroatoms. The molecule has 0 unspecified atom stereocenters. The summed E-state index contributed by atoms with van der Waals surface area (Å²) in [5, 5.41) is 72.1. The highest BCUT2D eigenvalue weighted by Gasteiger charge is 2.78. The maximum Gasteiger partial charge on any atom is 0.174 e. The van der Waals surface area contributed by atoms with Gasteiger partial charge >= 0.3 is 0 Å². The largest absolute Gasteiger partial charge is 0.392 e. The first-order valence-electron chi connectivity index (χ1n) is 26.1. The van der Waals surface area contributed by atoms with Crippen molar-refractivity contribution in [1.29, 1.82) is 0 Å². The minimum absolute atomic E-state index is 0.0824. The van der Waals surface area contributed by atoms with Gasteiger partial charge in [0.2, 0.25) is 0 Å². The number of aromatic nitrogens is 2. The van der Waals surface area contributed by atoms with E-state index in [4.69, 9.17) is 28.9 Å². The third-order valence-electron chi connectivity index (χ3n) is 23.4. The lowest BCUT2D eigenvalue weighted by Crippen LogP contribution is -2.65. The van der Waals surface area contributed by atoms with Gasteiger partial charge in [0, 0.05) is 35.5 Å². The van der Waals surface area contributed by atoms with Gasteiger partial charge in [-0.15, -0.1) is 0 Å². The first kappa shape index (κ1) is 44.1. The third kappa shape index (κ3) is 5.07. The Balaban J connectivity index is 0.765. The molecular weight excluding hydrogens is 837 g/mol. The zero-order chi connectivity index (χ0) is 46.4. The predicted octanol–water partition coefficient (Wildman–Crippen LogP) is 5.44. The molecule has 362 valence electrons. The molecule has 4 aliphatic heterocycles. The summed E-state index contributed by atoms with van der Waals surface area (Å²) in [6, 6.07) is 0. The van der Waals surface area contributed by atoms with Crippen LogP contribution < -0.4 is 0 Å². The lowest BCUT2D eigenvalue weighted by molar-refractivity contribution is -0.289. The lowest BCUT2D eigenvalue weighted by atomic mass is 9.44. The van der Waals surface area contributed by atoms with E-state index in [-0.39, 0.29) is 59.6 Å². The van der Waals surface area contributed by atoms with Crippen LogP contribution in [0.2, 0.25) is 0 Å². The van der Waals surface area contributed by atoms with Crippen LogP contribution >= 0.6 is 0 Å². The van der Waals surface area contributed by atoms with Gasteiger partial charge in [0.05, 0.1) is 59.4 Å². The summed E-state index contributed by atoms with van der Waals surface area (Å²) in [5.74, 6) is -0.993. The molecule has 2 spiro atoms. The number of fused-ring (bicyclic) bond motifs is 16. The monoisotopic (exact) mass is 913 g/mol. The van der Waals surface area contributed by atoms with Crippen molar-refractivity contribution in [1.82, 2.24) is 9.97 Å². The van der Waals surface area contributed by atoms with Crippen LogP contribution in [0, 0.1) is 69.0 Å². The maximum absolute atomic E-state index is 12.9. The predicted molar refractivity (Wildman–Crippen MR) is 241 cm³/mol. The molecule has 6 N–H and O–H groups in total. The molecule has 0 bridgehead atoms. The van der Waals surface area contributed by atoms with Crippen LogP contribution in [0.4, 0.5) is 0 Å². The third-order valence-corrected chi connectivity index (χ3v) is 23.4. The second-order valence-corrected chi connectivity index (χ2v) is 26.3. The normalized spacial score (nSPS) is 59.5. The van der Waals surface area contributed by atoms with Gasteiger partial charge in [-0.25, -0.2) is 0 Å². The molecule has 22 atom stereocenters. The standard InChI is InChI=1S/C54H76N2O10/c1-27-51(15-13-45(3,59)25-63-51)65-43-21-35-31-11-9-29-17-37-39(23-47(29,5)33(31)19-41(57)49(35,7)53(27,43)61)55-38-18-30-10-12-32-34(48(30,6)24-40(38)56-37)20-42(58)50(8)36(32)22-44-54(50,62)28(2)52(66-44)16-14-46(4,60)26-64-52/h21-22,27-34,41-44,57-62H,9-20,23-26H2,1-8H3/t27-,28-,29+,30+,31-,32+,33+,34+,41-,42-,43+,44+,45-,46+,47+,48+,49-,50-,51-,52-,53-,54-/m1/s1. The van der Waals surface area contributed by atoms with Gasteiger partial charge < -0.3 is 49.6 Å². The van der Waals surface area contributed by atoms with Crippen LogP contribution in [0.5, 0.6) is 0 Å². The molecule has 0 amide bonds. The molecular formula is C54H76N2O10. The molecule has 0 aromatic carbocycles. The molecule has 1 aromatic rings. The highest BCUT2D eigenvalue weighted by Crippen LogP contribution is 2.73. The van der Waals surface area contributed by atoms with Crippen LogP contribution in [0.3, 0.4) is 0 Å². The Bertz CT molecular complexity index is 2170. The lowest BCUT2D eigenvalue weighted by Gasteiger charge is -2.62. The Hall–Kier alpha value is -1.84. The van der Waals surface area contributed by atoms with E-state index in [1.807, 2.05) is 13.8 Å². The van der Waals surface area contributed by atoms with Crippen LogP contribution in [0.25, 0.3) is 0 Å². The van der Waals surface area contributed by atoms with Gasteiger partial charge in [0.1, 0.15) is 23.4 Å². The van der Waals surface area contributed by atoms with Gasteiger partial charge in [-0.3, -0.25) is 9.97 Å². The maximum atomic E-state index is 12.9. The molecule has 4 saturated carbocycles. The Kier molecular flexibility index (Phi) is 8.80. The SMILES string of the molecule is C[C@@H]1[C@@]2(CC[C@](C)(O)CO2)O[C@H]2C=C3[C@H]4CC[C@H]5Cc6nc7c(nc6C[C@]5(C)[C@H]4C[C@@H](O)[C@]3(C)[C@]21O)C[C@@H]1CC[C@H]2C3=C[C@@H]4O[C@]5(CC[C@@](C)(O)CO5)[C@@H](C)[C@]4(O)[C@@]3(C)[C@H](O)C[C@@H]2[C@@]1(C)C7. The minimum Gasteiger partial charge on any atom is -0.392 e. The fourth-order valence-corrected chi connectivity index (χ4v) is 19.0. The summed E-state index contributed by atoms with van der Waals surface area (Å²) in [4.78, 5) is 11.2. The Labute approximate surface area is 390 Å². The van der Waals surface area contributed by atoms with Gasteiger partial charge in [-0.1, -0.05) is 64.8 Å². The first-order chi connectivity index (χ1) is 30.9. The smallest absolute Gasteiger partial charge is 0.174 e. The van der Waals surface area contributed by atoms with Crippen molar-refractivity contribution in [2.75, 3.05) is 13.2 Å². The first-order valence-corrected chi connectivity index (χ1v) is 26.1. The Morgan fingerprint density at radius 3 is 1.30 bits per heavy atom. The van der Waals surface area contributed by atoms with Crippen molar-refractivity contribution < 1.29 is 49.6 Å². The van der Waals surface area contributed by atoms with Crippen LogP contribution in [0.1, 0.15) is 142 Å². The minimum atomic E-state index is -1.32. The summed E-state index contributed by atoms with van der Waals surface area (Å²) in [6.07, 6.45) is 12.6. The van der Waals surface area contributed by atoms with Crippen molar-refractivity contribution in [2.24, 2.45) is 69.0 Å². The zero-order valence-corrected chi connectivity index (χ0v) is 40.6. The topological polar surface area (TPSA) is 184 Å². The molecule has 0 radical (unpaired) electrons. The number of nitrogens with zero attached hydrogens (tertiary/aromatic N) is 2. The number of hydrogen-bond acceptors (Lipinski definition) is 12. The van der Waals surface area contributed by atoms with Crippen molar-refractivity contribution in [2.45, 2.75) is 204 Å². The molecule has 8 aliphatic carbocycles. The summed E-state index contributed by atoms with van der Waals surface area (Å²) in [5.41, 5.74) is 0.492. The second kappa shape index (κ2) is 13.2. The highest BCUT2D eigenvalue weighted by atomic mass is 16.7. The molecule has 4 saturated heterocycles. The fraction of sp³-hybridized carbons (Fsp3) is 0.852. The van der Waals surface area contributed by atoms with E-state index in [1.54, 1.807) is 13.8 Å². The molecule has 5 heterocycles. The van der Waals surface area contributed by atoms with Crippen LogP contribution in [-0.4, -0.2) is 112 Å². The van der Waals surface area contributed by atoms with Gasteiger partial charge in [0.25, 0.3) is 0 Å². The summed E-state index contributed by atoms with van der Waals surface area (Å²) in [6.45, 7) is 17.0. The van der Waals surface area contributed by atoms with E-state index in [0.717, 1.165) is 74.1 Å². The number of aliphatic hydroxyl groups excluding tert-OH is 2. The average molecular weight is 913 g/mol. The van der Waals surface area contributed by atoms with E-state index in [2.05, 4.69) is 39.8 Å². The molecule has 66 heavy (non-hydrogen) atoms. The van der Waals surface area contributed by atoms with Crippen molar-refractivity contribution >= 4 is 0 Å². The molecule has 12 nitrogen and oxygen atoms in total. The molecule has 1 aromatic heterocycles. The Morgan fingerprint density at radius 2 is 0.939 bits per heavy atom. The fourth-order valence-electron chi connectivity index (χ4n) is 19.0. The molecule has 12 aliphatic rings. The van der Waals surface area contributed by atoms with Gasteiger partial charge in [0.15, 0.2) is 11.6 Å². The number of rotatable bonds is 0.